The number of nitrogens with one attached hydrogen (secondary N) is 1. The first-order valence-electron chi connectivity index (χ1n) is 7.29. The number of amides is 1. The molecule has 2 rings (SSSR count). The van der Waals surface area contributed by atoms with Gasteiger partial charge in [-0.3, -0.25) is 9.59 Å². The molecule has 0 bridgehead atoms. The normalized spacial score (nSPS) is 21.9. The van der Waals surface area contributed by atoms with Crippen molar-refractivity contribution in [1.82, 2.24) is 9.88 Å². The lowest BCUT2D eigenvalue weighted by atomic mass is 9.86. The minimum Gasteiger partial charge on any atom is -0.469 e. The van der Waals surface area contributed by atoms with Gasteiger partial charge in [-0.25, -0.2) is 0 Å². The molecule has 0 atom stereocenters. The van der Waals surface area contributed by atoms with Crippen molar-refractivity contribution in [1.29, 1.82) is 0 Å². The van der Waals surface area contributed by atoms with Crippen LogP contribution in [0.25, 0.3) is 0 Å². The first-order chi connectivity index (χ1) is 10.0. The highest BCUT2D eigenvalue weighted by atomic mass is 35.5. The van der Waals surface area contributed by atoms with Crippen LogP contribution in [-0.4, -0.2) is 29.6 Å². The number of esters is 1. The summed E-state index contributed by atoms with van der Waals surface area (Å²) in [5.74, 6) is -0.284. The fourth-order valence-electron chi connectivity index (χ4n) is 2.83. The van der Waals surface area contributed by atoms with Gasteiger partial charge in [-0.05, 0) is 38.7 Å². The molecule has 0 radical (unpaired) electrons. The van der Waals surface area contributed by atoms with Gasteiger partial charge in [-0.2, -0.15) is 0 Å². The van der Waals surface area contributed by atoms with E-state index in [1.807, 2.05) is 11.5 Å². The summed E-state index contributed by atoms with van der Waals surface area (Å²) < 4.78 is 6.60. The minimum atomic E-state index is -0.147. The Labute approximate surface area is 129 Å². The van der Waals surface area contributed by atoms with E-state index < -0.39 is 0 Å². The molecule has 0 aromatic carbocycles. The van der Waals surface area contributed by atoms with E-state index in [9.17, 15) is 9.59 Å². The average molecular weight is 313 g/mol. The lowest BCUT2D eigenvalue weighted by Gasteiger charge is -2.27. The van der Waals surface area contributed by atoms with Gasteiger partial charge in [0.2, 0.25) is 0 Å². The smallest absolute Gasteiger partial charge is 0.308 e. The number of carbonyl (C=O) groups excluding carboxylic acids is 2. The Hall–Kier alpha value is -1.49. The van der Waals surface area contributed by atoms with Crippen molar-refractivity contribution in [2.24, 2.45) is 5.92 Å². The predicted molar refractivity (Wildman–Crippen MR) is 80.3 cm³/mol. The van der Waals surface area contributed by atoms with E-state index in [0.29, 0.717) is 17.3 Å². The number of carbonyl (C=O) groups is 2. The standard InChI is InChI=1S/C15H21ClN2O3/c1-3-18-9-11(16)8-13(18)14(19)17-12-6-4-10(5-7-12)15(20)21-2/h8-10,12H,3-7H2,1-2H3,(H,17,19). The molecule has 0 aliphatic heterocycles. The Balaban J connectivity index is 1.91. The van der Waals surface area contributed by atoms with Crippen LogP contribution in [0.4, 0.5) is 0 Å². The van der Waals surface area contributed by atoms with Crippen LogP contribution in [0.2, 0.25) is 5.02 Å². The van der Waals surface area contributed by atoms with Gasteiger partial charge in [0.05, 0.1) is 18.1 Å². The van der Waals surface area contributed by atoms with E-state index in [1.165, 1.54) is 7.11 Å². The molecule has 5 nitrogen and oxygen atoms in total. The van der Waals surface area contributed by atoms with E-state index in [2.05, 4.69) is 5.32 Å². The van der Waals surface area contributed by atoms with Crippen LogP contribution in [0.15, 0.2) is 12.3 Å². The van der Waals surface area contributed by atoms with Crippen LogP contribution in [0.1, 0.15) is 43.1 Å². The van der Waals surface area contributed by atoms with Crippen LogP contribution in [0.5, 0.6) is 0 Å². The number of aryl methyl sites for hydroxylation is 1. The van der Waals surface area contributed by atoms with Crippen molar-refractivity contribution in [2.45, 2.75) is 45.2 Å². The largest absolute Gasteiger partial charge is 0.469 e. The molecule has 0 saturated heterocycles. The molecule has 21 heavy (non-hydrogen) atoms. The Morgan fingerprint density at radius 3 is 2.62 bits per heavy atom. The molecular weight excluding hydrogens is 292 g/mol. The zero-order chi connectivity index (χ0) is 15.4. The van der Waals surface area contributed by atoms with Crippen molar-refractivity contribution >= 4 is 23.5 Å². The zero-order valence-corrected chi connectivity index (χ0v) is 13.2. The second-order valence-electron chi connectivity index (χ2n) is 5.37. The van der Waals surface area contributed by atoms with Crippen molar-refractivity contribution in [3.63, 3.8) is 0 Å². The third kappa shape index (κ3) is 3.79. The van der Waals surface area contributed by atoms with Crippen LogP contribution in [0.3, 0.4) is 0 Å². The number of hydrogen-bond donors (Lipinski definition) is 1. The highest BCUT2D eigenvalue weighted by Gasteiger charge is 2.28. The summed E-state index contributed by atoms with van der Waals surface area (Å²) in [5.41, 5.74) is 0.581. The van der Waals surface area contributed by atoms with Crippen LogP contribution >= 0.6 is 11.6 Å². The topological polar surface area (TPSA) is 60.3 Å². The average Bonchev–Trinajstić information content (AvgIpc) is 2.88. The van der Waals surface area contributed by atoms with E-state index in [0.717, 1.165) is 25.7 Å². The van der Waals surface area contributed by atoms with Gasteiger partial charge in [0.15, 0.2) is 0 Å². The number of methoxy groups -OCH3 is 1. The number of aromatic nitrogens is 1. The van der Waals surface area contributed by atoms with Crippen LogP contribution in [-0.2, 0) is 16.1 Å². The monoisotopic (exact) mass is 312 g/mol. The van der Waals surface area contributed by atoms with Crippen molar-refractivity contribution < 1.29 is 14.3 Å². The van der Waals surface area contributed by atoms with Crippen molar-refractivity contribution in [3.8, 4) is 0 Å². The van der Waals surface area contributed by atoms with Gasteiger partial charge in [0.25, 0.3) is 5.91 Å². The predicted octanol–water partition coefficient (Wildman–Crippen LogP) is 2.62. The highest BCUT2D eigenvalue weighted by Crippen LogP contribution is 2.25. The van der Waals surface area contributed by atoms with E-state index in [4.69, 9.17) is 16.3 Å². The Morgan fingerprint density at radius 1 is 1.38 bits per heavy atom. The SMILES string of the molecule is CCn1cc(Cl)cc1C(=O)NC1CCC(C(=O)OC)CC1. The van der Waals surface area contributed by atoms with Crippen LogP contribution < -0.4 is 5.32 Å². The fraction of sp³-hybridized carbons (Fsp3) is 0.600. The second kappa shape index (κ2) is 6.98. The molecule has 1 aliphatic carbocycles. The van der Waals surface area contributed by atoms with Gasteiger partial charge < -0.3 is 14.6 Å². The number of rotatable bonds is 4. The molecule has 1 aromatic heterocycles. The summed E-state index contributed by atoms with van der Waals surface area (Å²) in [6.07, 6.45) is 4.86. The molecule has 1 N–H and O–H groups in total. The molecule has 1 heterocycles. The molecule has 1 amide bonds. The van der Waals surface area contributed by atoms with Gasteiger partial charge in [-0.15, -0.1) is 0 Å². The zero-order valence-electron chi connectivity index (χ0n) is 12.4. The van der Waals surface area contributed by atoms with Crippen molar-refractivity contribution in [2.75, 3.05) is 7.11 Å². The second-order valence-corrected chi connectivity index (χ2v) is 5.81. The lowest BCUT2D eigenvalue weighted by molar-refractivity contribution is -0.146. The van der Waals surface area contributed by atoms with E-state index in [-0.39, 0.29) is 23.8 Å². The molecule has 0 spiro atoms. The van der Waals surface area contributed by atoms with Gasteiger partial charge in [-0.1, -0.05) is 11.6 Å². The quantitative estimate of drug-likeness (QED) is 0.869. The highest BCUT2D eigenvalue weighted by molar-refractivity contribution is 6.31. The molecule has 1 aromatic rings. The molecule has 116 valence electrons. The summed E-state index contributed by atoms with van der Waals surface area (Å²) in [6, 6.07) is 1.79. The number of ether oxygens (including phenoxy) is 1. The van der Waals surface area contributed by atoms with Gasteiger partial charge in [0.1, 0.15) is 5.69 Å². The maximum absolute atomic E-state index is 12.3. The lowest BCUT2D eigenvalue weighted by Crippen LogP contribution is -2.39. The first kappa shape index (κ1) is 15.9. The maximum Gasteiger partial charge on any atom is 0.308 e. The summed E-state index contributed by atoms with van der Waals surface area (Å²) in [4.78, 5) is 23.8. The third-order valence-electron chi connectivity index (χ3n) is 4.03. The summed E-state index contributed by atoms with van der Waals surface area (Å²) in [6.45, 7) is 2.67. The molecule has 1 aliphatic rings. The fourth-order valence-corrected chi connectivity index (χ4v) is 3.05. The summed E-state index contributed by atoms with van der Waals surface area (Å²) >= 11 is 5.95. The molecule has 1 saturated carbocycles. The number of hydrogen-bond acceptors (Lipinski definition) is 3. The van der Waals surface area contributed by atoms with Gasteiger partial charge in [0, 0.05) is 18.8 Å². The maximum atomic E-state index is 12.3. The Morgan fingerprint density at radius 2 is 2.05 bits per heavy atom. The Bertz CT molecular complexity index is 519. The summed E-state index contributed by atoms with van der Waals surface area (Å²) in [5, 5.41) is 3.60. The molecule has 1 fully saturated rings. The molecule has 0 unspecified atom stereocenters. The number of halogens is 1. The van der Waals surface area contributed by atoms with Crippen molar-refractivity contribution in [3.05, 3.63) is 23.0 Å². The van der Waals surface area contributed by atoms with E-state index in [1.54, 1.807) is 12.3 Å². The minimum absolute atomic E-state index is 0.0305. The third-order valence-corrected chi connectivity index (χ3v) is 4.24. The molecule has 6 heteroatoms. The Kier molecular flexibility index (Phi) is 5.28. The van der Waals surface area contributed by atoms with E-state index >= 15 is 0 Å². The summed E-state index contributed by atoms with van der Waals surface area (Å²) in [7, 11) is 1.42. The number of nitrogens with zero attached hydrogens (tertiary/aromatic N) is 1. The van der Waals surface area contributed by atoms with Crippen LogP contribution in [0, 0.1) is 5.92 Å². The first-order valence-corrected chi connectivity index (χ1v) is 7.67. The molecular formula is C15H21ClN2O3. The van der Waals surface area contributed by atoms with Gasteiger partial charge >= 0.3 is 5.97 Å².